The van der Waals surface area contributed by atoms with Gasteiger partial charge in [-0.25, -0.2) is 22.0 Å². The number of fused-ring (bicyclic) bond motifs is 1. The van der Waals surface area contributed by atoms with Crippen molar-refractivity contribution in [3.8, 4) is 17.6 Å². The molecular weight excluding hydrogens is 459 g/mol. The average Bonchev–Trinajstić information content (AvgIpc) is 2.85. The molecule has 0 radical (unpaired) electrons. The number of rotatable bonds is 6. The minimum atomic E-state index is -1.53. The Kier molecular flexibility index (Phi) is 7.36. The van der Waals surface area contributed by atoms with Crippen LogP contribution in [-0.2, 0) is 12.8 Å². The Bertz CT molecular complexity index is 1450. The SMILES string of the molecule is CCCOc1ccc(CCc2ccc(C#Cc3ccc4c(F)c(F)c(F)cc4c3)c(F)c2)c(F)c1. The molecular formula is C29H21F5O. The molecule has 4 aromatic rings. The molecule has 0 saturated heterocycles. The largest absolute Gasteiger partial charge is 0.494 e. The third-order valence-electron chi connectivity index (χ3n) is 5.53. The lowest BCUT2D eigenvalue weighted by Gasteiger charge is -2.08. The fraction of sp³-hybridized carbons (Fsp3) is 0.172. The van der Waals surface area contributed by atoms with Gasteiger partial charge in [0.15, 0.2) is 17.5 Å². The van der Waals surface area contributed by atoms with Gasteiger partial charge < -0.3 is 4.74 Å². The van der Waals surface area contributed by atoms with Crippen molar-refractivity contribution < 1.29 is 26.7 Å². The van der Waals surface area contributed by atoms with Gasteiger partial charge in [-0.3, -0.25) is 0 Å². The first-order valence-corrected chi connectivity index (χ1v) is 11.1. The second-order valence-corrected chi connectivity index (χ2v) is 8.09. The summed E-state index contributed by atoms with van der Waals surface area (Å²) in [4.78, 5) is 0. The molecule has 0 fully saturated rings. The van der Waals surface area contributed by atoms with Gasteiger partial charge in [0.25, 0.3) is 0 Å². The fourth-order valence-corrected chi connectivity index (χ4v) is 3.66. The molecule has 0 aliphatic carbocycles. The predicted octanol–water partition coefficient (Wildman–Crippen LogP) is 7.51. The van der Waals surface area contributed by atoms with E-state index in [1.807, 2.05) is 6.92 Å². The van der Waals surface area contributed by atoms with Crippen LogP contribution in [-0.4, -0.2) is 6.61 Å². The highest BCUT2D eigenvalue weighted by Crippen LogP contribution is 2.24. The molecule has 0 spiro atoms. The van der Waals surface area contributed by atoms with Crippen LogP contribution in [0.1, 0.15) is 35.6 Å². The van der Waals surface area contributed by atoms with Gasteiger partial charge >= 0.3 is 0 Å². The summed E-state index contributed by atoms with van der Waals surface area (Å²) in [6.45, 7) is 2.49. The van der Waals surface area contributed by atoms with Crippen molar-refractivity contribution in [2.24, 2.45) is 0 Å². The van der Waals surface area contributed by atoms with Crippen molar-refractivity contribution in [2.45, 2.75) is 26.2 Å². The Morgan fingerprint density at radius 3 is 2.29 bits per heavy atom. The molecule has 0 aliphatic heterocycles. The summed E-state index contributed by atoms with van der Waals surface area (Å²) >= 11 is 0. The molecule has 0 aliphatic rings. The van der Waals surface area contributed by atoms with Gasteiger partial charge in [-0.05, 0) is 72.2 Å². The number of benzene rings is 4. The van der Waals surface area contributed by atoms with E-state index in [-0.39, 0.29) is 22.2 Å². The van der Waals surface area contributed by atoms with E-state index in [9.17, 15) is 22.0 Å². The average molecular weight is 480 g/mol. The Labute approximate surface area is 200 Å². The fourth-order valence-electron chi connectivity index (χ4n) is 3.66. The van der Waals surface area contributed by atoms with Crippen LogP contribution < -0.4 is 4.74 Å². The number of hydrogen-bond acceptors (Lipinski definition) is 1. The summed E-state index contributed by atoms with van der Waals surface area (Å²) < 4.78 is 75.1. The lowest BCUT2D eigenvalue weighted by Crippen LogP contribution is -1.99. The Morgan fingerprint density at radius 1 is 0.714 bits per heavy atom. The first-order valence-electron chi connectivity index (χ1n) is 11.1. The lowest BCUT2D eigenvalue weighted by molar-refractivity contribution is 0.315. The van der Waals surface area contributed by atoms with Crippen LogP contribution in [0.2, 0.25) is 0 Å². The van der Waals surface area contributed by atoms with Crippen molar-refractivity contribution in [1.82, 2.24) is 0 Å². The molecule has 178 valence electrons. The summed E-state index contributed by atoms with van der Waals surface area (Å²) in [5.74, 6) is 0.981. The molecule has 0 aromatic heterocycles. The molecule has 0 atom stereocenters. The first kappa shape index (κ1) is 24.3. The molecule has 1 nitrogen and oxygen atoms in total. The molecule has 0 unspecified atom stereocenters. The van der Waals surface area contributed by atoms with Gasteiger partial charge in [0.2, 0.25) is 0 Å². The minimum absolute atomic E-state index is 0.0652. The van der Waals surface area contributed by atoms with Gasteiger partial charge in [-0.2, -0.15) is 0 Å². The molecule has 0 heterocycles. The van der Waals surface area contributed by atoms with Gasteiger partial charge in [-0.15, -0.1) is 0 Å². The zero-order valence-electron chi connectivity index (χ0n) is 18.9. The Morgan fingerprint density at radius 2 is 1.54 bits per heavy atom. The van der Waals surface area contributed by atoms with Gasteiger partial charge in [0.05, 0.1) is 12.2 Å². The van der Waals surface area contributed by atoms with E-state index in [2.05, 4.69) is 11.8 Å². The minimum Gasteiger partial charge on any atom is -0.494 e. The van der Waals surface area contributed by atoms with Crippen molar-refractivity contribution in [3.63, 3.8) is 0 Å². The molecule has 4 aromatic carbocycles. The molecule has 0 bridgehead atoms. The smallest absolute Gasteiger partial charge is 0.195 e. The van der Waals surface area contributed by atoms with Crippen LogP contribution in [0.4, 0.5) is 22.0 Å². The summed E-state index contributed by atoms with van der Waals surface area (Å²) in [7, 11) is 0. The normalized spacial score (nSPS) is 10.8. The van der Waals surface area contributed by atoms with Gasteiger partial charge in [-0.1, -0.05) is 37.0 Å². The summed E-state index contributed by atoms with van der Waals surface area (Å²) in [6, 6.07) is 14.4. The standard InChI is InChI=1S/C29H21F5O/c1-2-13-35-23-11-10-21(26(31)17-23)9-5-19-4-8-20(25(30)15-19)7-3-18-6-12-24-22(14-18)16-27(32)29(34)28(24)33/h4,6,8,10-12,14-17H,2,5,9,13H2,1H3. The Hall–Kier alpha value is -3.85. The second-order valence-electron chi connectivity index (χ2n) is 8.09. The number of hydrogen-bond donors (Lipinski definition) is 0. The molecule has 0 saturated carbocycles. The topological polar surface area (TPSA) is 9.23 Å². The van der Waals surface area contributed by atoms with E-state index in [0.29, 0.717) is 41.9 Å². The van der Waals surface area contributed by atoms with Crippen molar-refractivity contribution in [3.05, 3.63) is 112 Å². The second kappa shape index (κ2) is 10.6. The van der Waals surface area contributed by atoms with Crippen molar-refractivity contribution >= 4 is 10.8 Å². The van der Waals surface area contributed by atoms with Crippen molar-refractivity contribution in [1.29, 1.82) is 0 Å². The van der Waals surface area contributed by atoms with Crippen molar-refractivity contribution in [2.75, 3.05) is 6.61 Å². The first-order chi connectivity index (χ1) is 16.9. The van der Waals surface area contributed by atoms with Crippen LogP contribution in [0, 0.1) is 40.9 Å². The van der Waals surface area contributed by atoms with Gasteiger partial charge in [0, 0.05) is 17.0 Å². The number of halogens is 5. The van der Waals surface area contributed by atoms with Crippen LogP contribution in [0.5, 0.6) is 5.75 Å². The third kappa shape index (κ3) is 5.63. The quantitative estimate of drug-likeness (QED) is 0.158. The molecule has 0 N–H and O–H groups in total. The zero-order chi connectivity index (χ0) is 24.9. The highest BCUT2D eigenvalue weighted by molar-refractivity contribution is 5.84. The van der Waals surface area contributed by atoms with E-state index in [1.54, 1.807) is 18.2 Å². The zero-order valence-corrected chi connectivity index (χ0v) is 18.9. The van der Waals surface area contributed by atoms with E-state index < -0.39 is 23.3 Å². The maximum absolute atomic E-state index is 14.6. The highest BCUT2D eigenvalue weighted by Gasteiger charge is 2.13. The van der Waals surface area contributed by atoms with E-state index in [4.69, 9.17) is 4.74 Å². The number of aryl methyl sites for hydroxylation is 2. The summed E-state index contributed by atoms with van der Waals surface area (Å²) in [6.07, 6.45) is 1.67. The maximum atomic E-state index is 14.6. The Balaban J connectivity index is 1.46. The van der Waals surface area contributed by atoms with E-state index >= 15 is 0 Å². The summed E-state index contributed by atoms with van der Waals surface area (Å²) in [5.41, 5.74) is 1.75. The van der Waals surface area contributed by atoms with Crippen LogP contribution in [0.3, 0.4) is 0 Å². The maximum Gasteiger partial charge on any atom is 0.195 e. The molecule has 0 amide bonds. The number of ether oxygens (including phenoxy) is 1. The van der Waals surface area contributed by atoms with E-state index in [0.717, 1.165) is 12.5 Å². The highest BCUT2D eigenvalue weighted by atomic mass is 19.2. The molecule has 35 heavy (non-hydrogen) atoms. The lowest BCUT2D eigenvalue weighted by atomic mass is 10.0. The molecule has 4 rings (SSSR count). The predicted molar refractivity (Wildman–Crippen MR) is 126 cm³/mol. The van der Waals surface area contributed by atoms with Crippen LogP contribution in [0.15, 0.2) is 60.7 Å². The molecule has 6 heteroatoms. The monoisotopic (exact) mass is 480 g/mol. The van der Waals surface area contributed by atoms with E-state index in [1.165, 1.54) is 36.4 Å². The third-order valence-corrected chi connectivity index (χ3v) is 5.53. The van der Waals surface area contributed by atoms with Gasteiger partial charge in [0.1, 0.15) is 17.4 Å². The van der Waals surface area contributed by atoms with Crippen LogP contribution in [0.25, 0.3) is 10.8 Å². The van der Waals surface area contributed by atoms with Crippen LogP contribution >= 0.6 is 0 Å². The summed E-state index contributed by atoms with van der Waals surface area (Å²) in [5, 5.41) is 0.0887.